The minimum absolute atomic E-state index is 0.235. The highest BCUT2D eigenvalue weighted by Gasteiger charge is 2.86. The molecule has 1 aliphatic heterocycles. The van der Waals surface area contributed by atoms with Crippen molar-refractivity contribution >= 4 is 40.7 Å². The number of carbonyl (C=O) groups excluding carboxylic acids is 2. The molecule has 0 radical (unpaired) electrons. The first-order valence-corrected chi connectivity index (χ1v) is 11.4. The Kier molecular flexibility index (Phi) is 5.36. The van der Waals surface area contributed by atoms with Crippen LogP contribution in [0.15, 0.2) is 66.7 Å². The van der Waals surface area contributed by atoms with Gasteiger partial charge in [0.2, 0.25) is 11.8 Å². The topological polar surface area (TPSA) is 70.4 Å². The summed E-state index contributed by atoms with van der Waals surface area (Å²) in [4.78, 5) is 28.6. The Morgan fingerprint density at radius 1 is 0.944 bits per heavy atom. The Balaban J connectivity index is 1.63. The van der Waals surface area contributed by atoms with Crippen molar-refractivity contribution < 1.29 is 27.5 Å². The quantitative estimate of drug-likeness (QED) is 0.373. The molecule has 0 N–H and O–H groups in total. The molecule has 1 aliphatic carbocycles. The largest absolute Gasteiger partial charge is 0.573 e. The van der Waals surface area contributed by atoms with E-state index in [4.69, 9.17) is 23.2 Å². The molecular formula is C26H15Cl2F3N2O3. The molecular weight excluding hydrogens is 516 g/mol. The van der Waals surface area contributed by atoms with Gasteiger partial charge in [-0.25, -0.2) is 4.90 Å². The van der Waals surface area contributed by atoms with Crippen LogP contribution in [0.2, 0.25) is 10.0 Å². The fourth-order valence-electron chi connectivity index (χ4n) is 5.54. The fraction of sp³-hybridized carbons (Fsp3) is 0.192. The van der Waals surface area contributed by atoms with Gasteiger partial charge < -0.3 is 4.74 Å². The second kappa shape index (κ2) is 7.99. The Morgan fingerprint density at radius 3 is 1.92 bits per heavy atom. The SMILES string of the molecule is C[C@@]12C(=O)N(c3cc(Cl)cc(Cl)c3)C(=O)C1[C@@]2(c1ccc(C#N)cc1)c1ccc(OC(F)(F)F)cc1. The number of fused-ring (bicyclic) bond motifs is 1. The summed E-state index contributed by atoms with van der Waals surface area (Å²) in [6.45, 7) is 1.66. The van der Waals surface area contributed by atoms with Crippen molar-refractivity contribution in [2.45, 2.75) is 18.7 Å². The van der Waals surface area contributed by atoms with Gasteiger partial charge in [-0.15, -0.1) is 13.2 Å². The maximum atomic E-state index is 13.8. The lowest BCUT2D eigenvalue weighted by Crippen LogP contribution is -2.42. The average Bonchev–Trinajstić information content (AvgIpc) is 3.32. The molecule has 3 aromatic carbocycles. The molecule has 1 heterocycles. The Morgan fingerprint density at radius 2 is 1.47 bits per heavy atom. The Hall–Kier alpha value is -3.54. The minimum Gasteiger partial charge on any atom is -0.406 e. The van der Waals surface area contributed by atoms with Gasteiger partial charge in [0.25, 0.3) is 0 Å². The van der Waals surface area contributed by atoms with Gasteiger partial charge in [-0.1, -0.05) is 47.5 Å². The molecule has 3 aromatic rings. The van der Waals surface area contributed by atoms with Crippen molar-refractivity contribution in [1.29, 1.82) is 5.26 Å². The van der Waals surface area contributed by atoms with Gasteiger partial charge in [-0.05, 0) is 60.5 Å². The summed E-state index contributed by atoms with van der Waals surface area (Å²) in [5, 5.41) is 9.70. The Bertz CT molecular complexity index is 1430. The third-order valence-corrected chi connectivity index (χ3v) is 7.42. The average molecular weight is 531 g/mol. The van der Waals surface area contributed by atoms with Crippen LogP contribution in [0, 0.1) is 22.7 Å². The number of rotatable bonds is 4. The molecule has 5 nitrogen and oxygen atoms in total. The van der Waals surface area contributed by atoms with Crippen LogP contribution in [0.3, 0.4) is 0 Å². The second-order valence-corrected chi connectivity index (χ2v) is 9.68. The maximum Gasteiger partial charge on any atom is 0.573 e. The number of alkyl halides is 3. The predicted octanol–water partition coefficient (Wildman–Crippen LogP) is 6.26. The zero-order valence-electron chi connectivity index (χ0n) is 18.4. The zero-order valence-corrected chi connectivity index (χ0v) is 19.9. The molecule has 182 valence electrons. The van der Waals surface area contributed by atoms with Crippen molar-refractivity contribution in [3.63, 3.8) is 0 Å². The lowest BCUT2D eigenvalue weighted by molar-refractivity contribution is -0.274. The van der Waals surface area contributed by atoms with Crippen LogP contribution in [0.1, 0.15) is 23.6 Å². The minimum atomic E-state index is -4.86. The third kappa shape index (κ3) is 3.38. The molecule has 1 unspecified atom stereocenters. The van der Waals surface area contributed by atoms with Crippen LogP contribution in [0.4, 0.5) is 18.9 Å². The number of hydrogen-bond donors (Lipinski definition) is 0. The number of halogens is 5. The molecule has 1 saturated heterocycles. The third-order valence-electron chi connectivity index (χ3n) is 6.98. The van der Waals surface area contributed by atoms with E-state index in [1.165, 1.54) is 30.3 Å². The van der Waals surface area contributed by atoms with E-state index < -0.39 is 40.7 Å². The van der Waals surface area contributed by atoms with E-state index in [1.807, 2.05) is 6.07 Å². The smallest absolute Gasteiger partial charge is 0.406 e. The van der Waals surface area contributed by atoms with Gasteiger partial charge in [-0.2, -0.15) is 5.26 Å². The lowest BCUT2D eigenvalue weighted by Gasteiger charge is -2.30. The van der Waals surface area contributed by atoms with E-state index in [0.29, 0.717) is 16.7 Å². The van der Waals surface area contributed by atoms with Crippen molar-refractivity contribution in [3.8, 4) is 11.8 Å². The van der Waals surface area contributed by atoms with Crippen LogP contribution in [-0.4, -0.2) is 18.2 Å². The normalized spacial score (nSPS) is 24.9. The van der Waals surface area contributed by atoms with E-state index in [9.17, 15) is 28.0 Å². The summed E-state index contributed by atoms with van der Waals surface area (Å²) >= 11 is 12.2. The standard InChI is InChI=1S/C26H15Cl2F3N2O3/c1-24-21(22(34)33(23(24)35)19-11-17(27)10-18(28)12-19)25(24,15-4-2-14(13-32)3-5-15)16-6-8-20(9-7-16)36-26(29,30)31/h2-12,21H,1H3/t21?,24-,25+/m0/s1. The molecule has 0 aromatic heterocycles. The van der Waals surface area contributed by atoms with Gasteiger partial charge in [0, 0.05) is 15.5 Å². The molecule has 1 saturated carbocycles. The number of imide groups is 1. The summed E-state index contributed by atoms with van der Waals surface area (Å²) in [6.07, 6.45) is -4.86. The Labute approximate surface area is 213 Å². The van der Waals surface area contributed by atoms with Gasteiger partial charge in [0.1, 0.15) is 5.75 Å². The number of anilines is 1. The molecule has 10 heteroatoms. The number of carbonyl (C=O) groups is 2. The monoisotopic (exact) mass is 530 g/mol. The first-order chi connectivity index (χ1) is 16.9. The van der Waals surface area contributed by atoms with Gasteiger partial charge in [0.05, 0.1) is 28.7 Å². The summed E-state index contributed by atoms with van der Waals surface area (Å²) in [6, 6.07) is 18.0. The van der Waals surface area contributed by atoms with Gasteiger partial charge in [-0.3, -0.25) is 9.59 Å². The summed E-state index contributed by atoms with van der Waals surface area (Å²) in [5.41, 5.74) is -0.738. The number of piperidine rings is 1. The number of nitriles is 1. The predicted molar refractivity (Wildman–Crippen MR) is 126 cm³/mol. The van der Waals surface area contributed by atoms with E-state index in [1.54, 1.807) is 31.2 Å². The highest BCUT2D eigenvalue weighted by atomic mass is 35.5. The van der Waals surface area contributed by atoms with Crippen molar-refractivity contribution in [3.05, 3.63) is 93.5 Å². The van der Waals surface area contributed by atoms with Crippen molar-refractivity contribution in [2.75, 3.05) is 4.90 Å². The van der Waals surface area contributed by atoms with Crippen molar-refractivity contribution in [1.82, 2.24) is 0 Å². The van der Waals surface area contributed by atoms with Crippen molar-refractivity contribution in [2.24, 2.45) is 11.3 Å². The van der Waals surface area contributed by atoms with Crippen LogP contribution in [-0.2, 0) is 15.0 Å². The highest BCUT2D eigenvalue weighted by Crippen LogP contribution is 2.76. The fourth-order valence-corrected chi connectivity index (χ4v) is 6.06. The van der Waals surface area contributed by atoms with E-state index >= 15 is 0 Å². The summed E-state index contributed by atoms with van der Waals surface area (Å²) in [5.74, 6) is -2.25. The molecule has 2 amide bonds. The van der Waals surface area contributed by atoms with E-state index in [-0.39, 0.29) is 15.7 Å². The molecule has 2 aliphatic rings. The molecule has 2 fully saturated rings. The number of benzene rings is 3. The molecule has 0 bridgehead atoms. The van der Waals surface area contributed by atoms with E-state index in [0.717, 1.165) is 17.0 Å². The number of hydrogen-bond acceptors (Lipinski definition) is 4. The molecule has 3 atom stereocenters. The molecule has 36 heavy (non-hydrogen) atoms. The summed E-state index contributed by atoms with van der Waals surface area (Å²) < 4.78 is 42.0. The lowest BCUT2D eigenvalue weighted by atomic mass is 9.78. The van der Waals surface area contributed by atoms with Crippen LogP contribution >= 0.6 is 23.2 Å². The highest BCUT2D eigenvalue weighted by molar-refractivity contribution is 6.36. The molecule has 0 spiro atoms. The van der Waals surface area contributed by atoms with E-state index in [2.05, 4.69) is 4.74 Å². The number of amides is 2. The van der Waals surface area contributed by atoms with Crippen LogP contribution < -0.4 is 9.64 Å². The summed E-state index contributed by atoms with van der Waals surface area (Å²) in [7, 11) is 0. The number of nitrogens with zero attached hydrogens (tertiary/aromatic N) is 2. The maximum absolute atomic E-state index is 13.8. The zero-order chi connectivity index (χ0) is 26.0. The van der Waals surface area contributed by atoms with Crippen LogP contribution in [0.25, 0.3) is 0 Å². The first kappa shape index (κ1) is 24.2. The molecule has 5 rings (SSSR count). The second-order valence-electron chi connectivity index (χ2n) is 8.81. The van der Waals surface area contributed by atoms with Gasteiger partial charge >= 0.3 is 6.36 Å². The number of ether oxygens (including phenoxy) is 1. The first-order valence-electron chi connectivity index (χ1n) is 10.6. The van der Waals surface area contributed by atoms with Crippen LogP contribution in [0.5, 0.6) is 5.75 Å². The van der Waals surface area contributed by atoms with Gasteiger partial charge in [0.15, 0.2) is 0 Å².